The predicted molar refractivity (Wildman–Crippen MR) is 91.3 cm³/mol. The van der Waals surface area contributed by atoms with Crippen molar-refractivity contribution in [3.63, 3.8) is 0 Å². The van der Waals surface area contributed by atoms with Crippen molar-refractivity contribution in [2.75, 3.05) is 0 Å². The fraction of sp³-hybridized carbons (Fsp3) is 0.100. The van der Waals surface area contributed by atoms with Gasteiger partial charge < -0.3 is 0 Å². The second-order valence-electron chi connectivity index (χ2n) is 5.16. The molecule has 0 bridgehead atoms. The molecule has 22 heavy (non-hydrogen) atoms. The van der Waals surface area contributed by atoms with Gasteiger partial charge in [0.1, 0.15) is 0 Å². The monoisotopic (exact) mass is 286 g/mol. The molecule has 0 aliphatic rings. The molecule has 3 aromatic rings. The zero-order chi connectivity index (χ0) is 15.0. The van der Waals surface area contributed by atoms with Gasteiger partial charge in [0, 0.05) is 6.20 Å². The van der Waals surface area contributed by atoms with Crippen molar-refractivity contribution in [2.24, 2.45) is 0 Å². The summed E-state index contributed by atoms with van der Waals surface area (Å²) in [5.74, 6) is 0. The van der Waals surface area contributed by atoms with Crippen LogP contribution in [0.2, 0.25) is 0 Å². The van der Waals surface area contributed by atoms with E-state index in [1.54, 1.807) is 0 Å². The number of hydrogen-bond acceptors (Lipinski definition) is 2. The minimum Gasteiger partial charge on any atom is -0.257 e. The molecule has 0 atom stereocenters. The van der Waals surface area contributed by atoms with Gasteiger partial charge in [-0.1, -0.05) is 66.7 Å². The van der Waals surface area contributed by atoms with E-state index in [4.69, 9.17) is 0 Å². The third-order valence-electron chi connectivity index (χ3n) is 3.48. The first kappa shape index (κ1) is 14.2. The molecule has 1 aromatic heterocycles. The smallest absolute Gasteiger partial charge is 0.0813 e. The molecule has 0 amide bonds. The highest BCUT2D eigenvalue weighted by atomic mass is 14.8. The molecule has 3 rings (SSSR count). The van der Waals surface area contributed by atoms with E-state index >= 15 is 0 Å². The van der Waals surface area contributed by atoms with Crippen LogP contribution < -0.4 is 0 Å². The Balaban J connectivity index is 1.59. The van der Waals surface area contributed by atoms with Gasteiger partial charge in [0.15, 0.2) is 0 Å². The summed E-state index contributed by atoms with van der Waals surface area (Å²) in [5.41, 5.74) is 4.41. The third-order valence-corrected chi connectivity index (χ3v) is 3.48. The van der Waals surface area contributed by atoms with E-state index in [1.165, 1.54) is 5.56 Å². The lowest BCUT2D eigenvalue weighted by Crippen LogP contribution is -1.96. The lowest BCUT2D eigenvalue weighted by Gasteiger charge is -2.01. The summed E-state index contributed by atoms with van der Waals surface area (Å²) in [4.78, 5) is 8.95. The molecule has 2 aromatic carbocycles. The molecule has 0 aliphatic carbocycles. The maximum atomic E-state index is 4.49. The molecule has 0 saturated carbocycles. The van der Waals surface area contributed by atoms with Crippen LogP contribution in [0.3, 0.4) is 0 Å². The molecule has 0 spiro atoms. The SMILES string of the molecule is C(=C\c1cnc(CCc2ccccc2)cn1)/c1ccccc1. The Morgan fingerprint density at radius 2 is 1.41 bits per heavy atom. The zero-order valence-corrected chi connectivity index (χ0v) is 12.4. The van der Waals surface area contributed by atoms with E-state index in [0.717, 1.165) is 29.8 Å². The Morgan fingerprint density at radius 1 is 0.682 bits per heavy atom. The molecule has 0 unspecified atom stereocenters. The quantitative estimate of drug-likeness (QED) is 0.693. The molecule has 0 fully saturated rings. The maximum absolute atomic E-state index is 4.49. The van der Waals surface area contributed by atoms with Crippen molar-refractivity contribution < 1.29 is 0 Å². The van der Waals surface area contributed by atoms with E-state index < -0.39 is 0 Å². The van der Waals surface area contributed by atoms with Gasteiger partial charge in [-0.05, 0) is 30.0 Å². The molecule has 2 heteroatoms. The lowest BCUT2D eigenvalue weighted by molar-refractivity contribution is 0.897. The second kappa shape index (κ2) is 7.32. The summed E-state index contributed by atoms with van der Waals surface area (Å²) < 4.78 is 0. The van der Waals surface area contributed by atoms with Gasteiger partial charge in [-0.2, -0.15) is 0 Å². The van der Waals surface area contributed by atoms with Crippen molar-refractivity contribution in [2.45, 2.75) is 12.8 Å². The fourth-order valence-corrected chi connectivity index (χ4v) is 2.24. The Labute approximate surface area is 131 Å². The van der Waals surface area contributed by atoms with Gasteiger partial charge in [-0.25, -0.2) is 0 Å². The van der Waals surface area contributed by atoms with Crippen LogP contribution >= 0.6 is 0 Å². The normalized spacial score (nSPS) is 10.9. The van der Waals surface area contributed by atoms with Gasteiger partial charge in [0.25, 0.3) is 0 Å². The van der Waals surface area contributed by atoms with Gasteiger partial charge in [0.05, 0.1) is 17.6 Å². The van der Waals surface area contributed by atoms with Crippen molar-refractivity contribution in [3.05, 3.63) is 95.6 Å². The Bertz CT molecular complexity index is 717. The van der Waals surface area contributed by atoms with Crippen molar-refractivity contribution in [1.29, 1.82) is 0 Å². The number of rotatable bonds is 5. The van der Waals surface area contributed by atoms with Crippen LogP contribution in [0.15, 0.2) is 73.1 Å². The molecular formula is C20H18N2. The van der Waals surface area contributed by atoms with Gasteiger partial charge in [0.2, 0.25) is 0 Å². The highest BCUT2D eigenvalue weighted by Crippen LogP contribution is 2.07. The van der Waals surface area contributed by atoms with Crippen LogP contribution in [-0.2, 0) is 12.8 Å². The number of nitrogens with zero attached hydrogens (tertiary/aromatic N) is 2. The molecule has 0 radical (unpaired) electrons. The van der Waals surface area contributed by atoms with E-state index in [2.05, 4.69) is 46.4 Å². The number of aryl methyl sites for hydroxylation is 2. The summed E-state index contributed by atoms with van der Waals surface area (Å²) in [6, 6.07) is 20.7. The van der Waals surface area contributed by atoms with Gasteiger partial charge in [-0.15, -0.1) is 0 Å². The molecule has 0 aliphatic heterocycles. The Morgan fingerprint density at radius 3 is 2.09 bits per heavy atom. The fourth-order valence-electron chi connectivity index (χ4n) is 2.24. The van der Waals surface area contributed by atoms with Crippen LogP contribution in [0.4, 0.5) is 0 Å². The van der Waals surface area contributed by atoms with Gasteiger partial charge >= 0.3 is 0 Å². The highest BCUT2D eigenvalue weighted by molar-refractivity contribution is 5.67. The number of hydrogen-bond donors (Lipinski definition) is 0. The number of benzene rings is 2. The molecule has 108 valence electrons. The minimum atomic E-state index is 0.882. The largest absolute Gasteiger partial charge is 0.257 e. The van der Waals surface area contributed by atoms with E-state index in [-0.39, 0.29) is 0 Å². The van der Waals surface area contributed by atoms with Crippen LogP contribution in [0.25, 0.3) is 12.2 Å². The van der Waals surface area contributed by atoms with Crippen molar-refractivity contribution in [3.8, 4) is 0 Å². The zero-order valence-electron chi connectivity index (χ0n) is 12.4. The molecule has 0 saturated heterocycles. The number of aromatic nitrogens is 2. The topological polar surface area (TPSA) is 25.8 Å². The first-order chi connectivity index (χ1) is 10.9. The maximum Gasteiger partial charge on any atom is 0.0813 e. The molecular weight excluding hydrogens is 268 g/mol. The Kier molecular flexibility index (Phi) is 4.73. The van der Waals surface area contributed by atoms with Crippen molar-refractivity contribution in [1.82, 2.24) is 9.97 Å². The average Bonchev–Trinajstić information content (AvgIpc) is 2.61. The summed E-state index contributed by atoms with van der Waals surface area (Å²) in [5, 5.41) is 0. The van der Waals surface area contributed by atoms with Crippen molar-refractivity contribution >= 4 is 12.2 Å². The summed E-state index contributed by atoms with van der Waals surface area (Å²) in [7, 11) is 0. The van der Waals surface area contributed by atoms with Crippen LogP contribution in [0.1, 0.15) is 22.5 Å². The van der Waals surface area contributed by atoms with E-state index in [0.29, 0.717) is 0 Å². The summed E-state index contributed by atoms with van der Waals surface area (Å²) in [6.45, 7) is 0. The summed E-state index contributed by atoms with van der Waals surface area (Å²) in [6.07, 6.45) is 9.65. The highest BCUT2D eigenvalue weighted by Gasteiger charge is 1.98. The molecule has 1 heterocycles. The first-order valence-electron chi connectivity index (χ1n) is 7.48. The van der Waals surface area contributed by atoms with Crippen LogP contribution in [0, 0.1) is 0 Å². The molecule has 2 nitrogen and oxygen atoms in total. The Hall–Kier alpha value is -2.74. The standard InChI is InChI=1S/C20H18N2/c1-3-7-17(8-4-1)11-13-19-15-22-20(16-21-19)14-12-18-9-5-2-6-10-18/h1-11,13,15-16H,12,14H2/b13-11+. The molecule has 0 N–H and O–H groups in total. The van der Waals surface area contributed by atoms with Gasteiger partial charge in [-0.3, -0.25) is 9.97 Å². The lowest BCUT2D eigenvalue weighted by atomic mass is 10.1. The summed E-state index contributed by atoms with van der Waals surface area (Å²) >= 11 is 0. The average molecular weight is 286 g/mol. The minimum absolute atomic E-state index is 0.882. The predicted octanol–water partition coefficient (Wildman–Crippen LogP) is 4.43. The first-order valence-corrected chi connectivity index (χ1v) is 7.48. The van der Waals surface area contributed by atoms with E-state index in [9.17, 15) is 0 Å². The van der Waals surface area contributed by atoms with Crippen LogP contribution in [-0.4, -0.2) is 9.97 Å². The van der Waals surface area contributed by atoms with Crippen LogP contribution in [0.5, 0.6) is 0 Å². The van der Waals surface area contributed by atoms with E-state index in [1.807, 2.05) is 48.8 Å². The third kappa shape index (κ3) is 4.13. The second-order valence-corrected chi connectivity index (χ2v) is 5.16.